The Morgan fingerprint density at radius 2 is 2.04 bits per heavy atom. The van der Waals surface area contributed by atoms with Gasteiger partial charge in [-0.05, 0) is 32.0 Å². The number of aromatic nitrogens is 2. The third-order valence-electron chi connectivity index (χ3n) is 3.09. The van der Waals surface area contributed by atoms with Gasteiger partial charge in [0.2, 0.25) is 11.3 Å². The Kier molecular flexibility index (Phi) is 4.73. The Hall–Kier alpha value is -2.77. The number of nitrogens with zero attached hydrogens (tertiary/aromatic N) is 2. The van der Waals surface area contributed by atoms with Gasteiger partial charge in [0.05, 0.1) is 17.4 Å². The molecule has 2 aromatic rings. The van der Waals surface area contributed by atoms with Crippen LogP contribution in [0.25, 0.3) is 10.9 Å². The molecule has 0 aliphatic rings. The Morgan fingerprint density at radius 1 is 1.35 bits per heavy atom. The van der Waals surface area contributed by atoms with Crippen molar-refractivity contribution >= 4 is 22.7 Å². The first kappa shape index (κ1) is 16.6. The molecule has 0 atom stereocenters. The highest BCUT2D eigenvalue weighted by molar-refractivity contribution is 5.97. The van der Waals surface area contributed by atoms with E-state index in [0.29, 0.717) is 5.52 Å². The fourth-order valence-corrected chi connectivity index (χ4v) is 2.11. The van der Waals surface area contributed by atoms with E-state index in [-0.39, 0.29) is 29.6 Å². The van der Waals surface area contributed by atoms with Crippen molar-refractivity contribution in [1.29, 1.82) is 0 Å². The maximum absolute atomic E-state index is 13.3. The van der Waals surface area contributed by atoms with Crippen LogP contribution in [0.15, 0.2) is 23.0 Å². The van der Waals surface area contributed by atoms with Gasteiger partial charge < -0.3 is 10.6 Å². The molecule has 0 spiro atoms. The minimum Gasteiger partial charge on any atom is -0.352 e. The highest BCUT2D eigenvalue weighted by atomic mass is 19.1. The van der Waals surface area contributed by atoms with Gasteiger partial charge in [-0.1, -0.05) is 0 Å². The lowest BCUT2D eigenvalue weighted by molar-refractivity contribution is -0.120. The second-order valence-electron chi connectivity index (χ2n) is 5.37. The maximum Gasteiger partial charge on any atom is 0.276 e. The Labute approximate surface area is 131 Å². The van der Waals surface area contributed by atoms with E-state index in [9.17, 15) is 18.8 Å². The summed E-state index contributed by atoms with van der Waals surface area (Å²) in [5, 5.41) is 8.90. The van der Waals surface area contributed by atoms with Crippen LogP contribution in [0.2, 0.25) is 0 Å². The van der Waals surface area contributed by atoms with Crippen molar-refractivity contribution in [3.63, 3.8) is 0 Å². The molecule has 2 amide bonds. The van der Waals surface area contributed by atoms with E-state index in [0.717, 1.165) is 6.07 Å². The summed E-state index contributed by atoms with van der Waals surface area (Å²) in [6.45, 7) is 3.30. The van der Waals surface area contributed by atoms with Gasteiger partial charge in [-0.25, -0.2) is 4.39 Å². The molecule has 122 valence electrons. The number of halogens is 1. The van der Waals surface area contributed by atoms with Crippen molar-refractivity contribution in [1.82, 2.24) is 20.4 Å². The number of benzene rings is 1. The van der Waals surface area contributed by atoms with Crippen LogP contribution in [0.3, 0.4) is 0 Å². The topological polar surface area (TPSA) is 93.1 Å². The largest absolute Gasteiger partial charge is 0.352 e. The highest BCUT2D eigenvalue weighted by Gasteiger charge is 2.17. The predicted octanol–water partition coefficient (Wildman–Crippen LogP) is 0.327. The SMILES string of the molecule is CC(C)NC(=O)CNC(=O)c1nn(C)c2ccc(F)cc2c1=O. The van der Waals surface area contributed by atoms with E-state index in [1.54, 1.807) is 20.9 Å². The van der Waals surface area contributed by atoms with Gasteiger partial charge in [0.25, 0.3) is 5.91 Å². The van der Waals surface area contributed by atoms with Crippen LogP contribution in [0, 0.1) is 5.82 Å². The van der Waals surface area contributed by atoms with E-state index in [1.165, 1.54) is 16.8 Å². The molecule has 8 heteroatoms. The molecule has 2 N–H and O–H groups in total. The lowest BCUT2D eigenvalue weighted by Crippen LogP contribution is -2.41. The minimum atomic E-state index is -0.782. The van der Waals surface area contributed by atoms with E-state index in [2.05, 4.69) is 15.7 Å². The molecule has 7 nitrogen and oxygen atoms in total. The Bertz CT molecular complexity index is 829. The first-order valence-corrected chi connectivity index (χ1v) is 7.03. The fourth-order valence-electron chi connectivity index (χ4n) is 2.11. The number of amides is 2. The second kappa shape index (κ2) is 6.55. The van der Waals surface area contributed by atoms with Crippen LogP contribution >= 0.6 is 0 Å². The van der Waals surface area contributed by atoms with Gasteiger partial charge in [0.15, 0.2) is 5.69 Å². The van der Waals surface area contributed by atoms with Crippen molar-refractivity contribution < 1.29 is 14.0 Å². The first-order chi connectivity index (χ1) is 10.8. The average Bonchev–Trinajstić information content (AvgIpc) is 2.47. The van der Waals surface area contributed by atoms with Crippen LogP contribution in [-0.2, 0) is 11.8 Å². The summed E-state index contributed by atoms with van der Waals surface area (Å²) in [5.74, 6) is -1.74. The summed E-state index contributed by atoms with van der Waals surface area (Å²) in [6, 6.07) is 3.62. The third kappa shape index (κ3) is 3.71. The number of hydrogen-bond acceptors (Lipinski definition) is 4. The first-order valence-electron chi connectivity index (χ1n) is 7.03. The summed E-state index contributed by atoms with van der Waals surface area (Å²) in [4.78, 5) is 35.9. The molecule has 2 rings (SSSR count). The van der Waals surface area contributed by atoms with Gasteiger partial charge >= 0.3 is 0 Å². The molecular formula is C15H17FN4O3. The summed E-state index contributed by atoms with van der Waals surface area (Å²) in [6.07, 6.45) is 0. The number of fused-ring (bicyclic) bond motifs is 1. The predicted molar refractivity (Wildman–Crippen MR) is 82.6 cm³/mol. The zero-order chi connectivity index (χ0) is 17.1. The molecular weight excluding hydrogens is 303 g/mol. The summed E-state index contributed by atoms with van der Waals surface area (Å²) < 4.78 is 14.7. The number of nitrogens with one attached hydrogen (secondary N) is 2. The van der Waals surface area contributed by atoms with Crippen molar-refractivity contribution in [3.05, 3.63) is 39.9 Å². The lowest BCUT2D eigenvalue weighted by Gasteiger charge is -2.10. The molecule has 0 saturated heterocycles. The quantitative estimate of drug-likeness (QED) is 0.849. The van der Waals surface area contributed by atoms with Gasteiger partial charge in [0, 0.05) is 13.1 Å². The number of rotatable bonds is 4. The van der Waals surface area contributed by atoms with E-state index in [1.807, 2.05) is 0 Å². The smallest absolute Gasteiger partial charge is 0.276 e. The van der Waals surface area contributed by atoms with Crippen LogP contribution in [0.4, 0.5) is 4.39 Å². The van der Waals surface area contributed by atoms with E-state index < -0.39 is 17.2 Å². The highest BCUT2D eigenvalue weighted by Crippen LogP contribution is 2.10. The monoisotopic (exact) mass is 320 g/mol. The number of aryl methyl sites for hydroxylation is 1. The number of carbonyl (C=O) groups excluding carboxylic acids is 2. The van der Waals surface area contributed by atoms with Crippen LogP contribution in [0.5, 0.6) is 0 Å². The van der Waals surface area contributed by atoms with Crippen LogP contribution < -0.4 is 16.1 Å². The standard InChI is InChI=1S/C15H17FN4O3/c1-8(2)18-12(21)7-17-15(23)13-14(22)10-6-9(16)4-5-11(10)20(3)19-13/h4-6,8H,7H2,1-3H3,(H,17,23)(H,18,21). The van der Waals surface area contributed by atoms with Crippen molar-refractivity contribution in [2.75, 3.05) is 6.54 Å². The molecule has 0 bridgehead atoms. The zero-order valence-corrected chi connectivity index (χ0v) is 13.0. The van der Waals surface area contributed by atoms with E-state index in [4.69, 9.17) is 0 Å². The molecule has 1 aromatic heterocycles. The van der Waals surface area contributed by atoms with Gasteiger partial charge in [-0.2, -0.15) is 5.10 Å². The average molecular weight is 320 g/mol. The second-order valence-corrected chi connectivity index (χ2v) is 5.37. The molecule has 23 heavy (non-hydrogen) atoms. The molecule has 0 saturated carbocycles. The molecule has 1 aromatic carbocycles. The summed E-state index contributed by atoms with van der Waals surface area (Å²) in [5.41, 5.74) is -0.659. The van der Waals surface area contributed by atoms with Crippen LogP contribution in [0.1, 0.15) is 24.3 Å². The van der Waals surface area contributed by atoms with Crippen molar-refractivity contribution in [2.45, 2.75) is 19.9 Å². The fraction of sp³-hybridized carbons (Fsp3) is 0.333. The number of carbonyl (C=O) groups is 2. The third-order valence-corrected chi connectivity index (χ3v) is 3.09. The molecule has 0 fully saturated rings. The lowest BCUT2D eigenvalue weighted by atomic mass is 10.2. The van der Waals surface area contributed by atoms with Crippen molar-refractivity contribution in [2.24, 2.45) is 7.05 Å². The molecule has 1 heterocycles. The van der Waals surface area contributed by atoms with Gasteiger partial charge in [-0.3, -0.25) is 19.1 Å². The Balaban J connectivity index is 2.29. The maximum atomic E-state index is 13.3. The van der Waals surface area contributed by atoms with Crippen LogP contribution in [-0.4, -0.2) is 34.2 Å². The molecule has 0 aliphatic carbocycles. The molecule has 0 aliphatic heterocycles. The normalized spacial score (nSPS) is 10.8. The minimum absolute atomic E-state index is 0.0549. The Morgan fingerprint density at radius 3 is 2.70 bits per heavy atom. The molecule has 0 radical (unpaired) electrons. The summed E-state index contributed by atoms with van der Waals surface area (Å²) >= 11 is 0. The molecule has 0 unspecified atom stereocenters. The zero-order valence-electron chi connectivity index (χ0n) is 13.0. The van der Waals surface area contributed by atoms with Gasteiger partial charge in [0.1, 0.15) is 5.82 Å². The van der Waals surface area contributed by atoms with Crippen molar-refractivity contribution in [3.8, 4) is 0 Å². The number of hydrogen-bond donors (Lipinski definition) is 2. The van der Waals surface area contributed by atoms with E-state index >= 15 is 0 Å². The summed E-state index contributed by atoms with van der Waals surface area (Å²) in [7, 11) is 1.54. The van der Waals surface area contributed by atoms with Gasteiger partial charge in [-0.15, -0.1) is 0 Å².